The summed E-state index contributed by atoms with van der Waals surface area (Å²) in [4.78, 5) is 26.1. The zero-order valence-electron chi connectivity index (χ0n) is 16.9. The molecule has 2 aliphatic rings. The number of piperidine rings is 1. The number of aromatic carboxylic acids is 1. The summed E-state index contributed by atoms with van der Waals surface area (Å²) in [6.07, 6.45) is 6.09. The number of Topliss-reactive ketones (excluding diaryl/α,β-unsaturated/α-hetero) is 1. The van der Waals surface area contributed by atoms with Crippen LogP contribution >= 0.6 is 25.0 Å². The highest BCUT2D eigenvalue weighted by molar-refractivity contribution is 7.81. The number of carboxylic acid groups (broad SMARTS) is 1. The van der Waals surface area contributed by atoms with Gasteiger partial charge in [-0.1, -0.05) is 24.3 Å². The number of carbonyl (C=O) groups is 2. The van der Waals surface area contributed by atoms with E-state index in [2.05, 4.69) is 17.7 Å². The molecule has 2 atom stereocenters. The smallest absolute Gasteiger partial charge is 0.356 e. The van der Waals surface area contributed by atoms with Crippen molar-refractivity contribution in [1.29, 1.82) is 0 Å². The highest BCUT2D eigenvalue weighted by Crippen LogP contribution is 2.39. The van der Waals surface area contributed by atoms with E-state index in [-0.39, 0.29) is 40.9 Å². The molecular weight excluding hydrogens is 441 g/mol. The van der Waals surface area contributed by atoms with Crippen LogP contribution in [-0.2, 0) is 11.3 Å². The first-order chi connectivity index (χ1) is 14.4. The van der Waals surface area contributed by atoms with Crippen molar-refractivity contribution in [3.8, 4) is 0 Å². The lowest BCUT2D eigenvalue weighted by Gasteiger charge is -2.37. The van der Waals surface area contributed by atoms with Gasteiger partial charge >= 0.3 is 5.97 Å². The number of hydrogen-bond donors (Lipinski definition) is 2. The van der Waals surface area contributed by atoms with Crippen LogP contribution in [0.25, 0.3) is 0 Å². The minimum absolute atomic E-state index is 0. The van der Waals surface area contributed by atoms with Crippen LogP contribution in [0.1, 0.15) is 41.4 Å². The topological polar surface area (TPSA) is 75.4 Å². The number of likely N-dealkylation sites (tertiary alicyclic amines) is 1. The highest BCUT2D eigenvalue weighted by Gasteiger charge is 2.40. The molecule has 2 heterocycles. The van der Waals surface area contributed by atoms with E-state index < -0.39 is 12.0 Å². The number of halogens is 2. The number of aromatic nitrogens is 2. The Balaban J connectivity index is 0.00000272. The lowest BCUT2D eigenvalue weighted by Crippen LogP contribution is -2.42. The summed E-state index contributed by atoms with van der Waals surface area (Å²) < 4.78 is 16.1. The van der Waals surface area contributed by atoms with Crippen molar-refractivity contribution >= 4 is 36.8 Å². The lowest BCUT2D eigenvalue weighted by molar-refractivity contribution is -0.126. The molecule has 1 aliphatic carbocycles. The molecule has 166 valence electrons. The van der Waals surface area contributed by atoms with E-state index in [0.717, 1.165) is 24.8 Å². The third kappa shape index (κ3) is 5.37. The van der Waals surface area contributed by atoms with Gasteiger partial charge in [-0.3, -0.25) is 14.4 Å². The number of ketones is 1. The van der Waals surface area contributed by atoms with E-state index in [4.69, 9.17) is 5.11 Å². The van der Waals surface area contributed by atoms with Crippen LogP contribution in [0.3, 0.4) is 0 Å². The molecule has 2 aromatic rings. The van der Waals surface area contributed by atoms with Crippen LogP contribution in [0, 0.1) is 11.7 Å². The SMILES string of the molecule is Cl.O=C(O)c1ccn(CC=C2CN(C(C(=O)C3CC3)c3ccccc3F)CCC2S)n1. The van der Waals surface area contributed by atoms with Gasteiger partial charge < -0.3 is 5.11 Å². The number of hydrogen-bond acceptors (Lipinski definition) is 5. The second-order valence-electron chi connectivity index (χ2n) is 7.88. The zero-order valence-corrected chi connectivity index (χ0v) is 18.6. The minimum atomic E-state index is -1.07. The van der Waals surface area contributed by atoms with Gasteiger partial charge in [0.15, 0.2) is 11.5 Å². The third-order valence-corrected chi connectivity index (χ3v) is 6.31. The molecule has 1 aliphatic heterocycles. The van der Waals surface area contributed by atoms with E-state index in [1.54, 1.807) is 29.1 Å². The van der Waals surface area contributed by atoms with Crippen LogP contribution in [0.4, 0.5) is 4.39 Å². The summed E-state index contributed by atoms with van der Waals surface area (Å²) in [5, 5.41) is 13.1. The molecule has 9 heteroatoms. The Hall–Kier alpha value is -2.16. The van der Waals surface area contributed by atoms with Gasteiger partial charge in [-0.15, -0.1) is 12.4 Å². The number of allylic oxidation sites excluding steroid dienone is 1. The van der Waals surface area contributed by atoms with Gasteiger partial charge in [0.25, 0.3) is 0 Å². The van der Waals surface area contributed by atoms with E-state index in [1.165, 1.54) is 12.1 Å². The predicted octanol–water partition coefficient (Wildman–Crippen LogP) is 3.79. The Morgan fingerprint density at radius 2 is 2.00 bits per heavy atom. The molecule has 1 aromatic carbocycles. The van der Waals surface area contributed by atoms with Gasteiger partial charge in [0, 0.05) is 36.0 Å². The normalized spacial score (nSPS) is 21.5. The lowest BCUT2D eigenvalue weighted by atomic mass is 9.93. The minimum Gasteiger partial charge on any atom is -0.476 e. The number of carboxylic acids is 1. The summed E-state index contributed by atoms with van der Waals surface area (Å²) in [7, 11) is 0. The first-order valence-electron chi connectivity index (χ1n) is 10.1. The molecule has 0 amide bonds. The predicted molar refractivity (Wildman–Crippen MR) is 120 cm³/mol. The van der Waals surface area contributed by atoms with Crippen LogP contribution in [-0.4, -0.2) is 49.9 Å². The Kier molecular flexibility index (Phi) is 7.56. The number of nitrogens with zero attached hydrogens (tertiary/aromatic N) is 3. The van der Waals surface area contributed by atoms with E-state index in [9.17, 15) is 14.0 Å². The van der Waals surface area contributed by atoms with Crippen molar-refractivity contribution in [2.24, 2.45) is 5.92 Å². The van der Waals surface area contributed by atoms with Crippen molar-refractivity contribution in [3.05, 3.63) is 65.3 Å². The molecule has 1 aromatic heterocycles. The molecular formula is C22H25ClFN3O3S. The largest absolute Gasteiger partial charge is 0.476 e. The third-order valence-electron chi connectivity index (χ3n) is 5.72. The molecule has 0 radical (unpaired) electrons. The van der Waals surface area contributed by atoms with Gasteiger partial charge in [0.1, 0.15) is 5.82 Å². The summed E-state index contributed by atoms with van der Waals surface area (Å²) >= 11 is 4.68. The Morgan fingerprint density at radius 3 is 2.65 bits per heavy atom. The fourth-order valence-electron chi connectivity index (χ4n) is 3.92. The molecule has 2 unspecified atom stereocenters. The molecule has 0 spiro atoms. The van der Waals surface area contributed by atoms with E-state index in [1.807, 2.05) is 11.0 Å². The van der Waals surface area contributed by atoms with Crippen LogP contribution < -0.4 is 0 Å². The van der Waals surface area contributed by atoms with Crippen molar-refractivity contribution < 1.29 is 19.1 Å². The van der Waals surface area contributed by atoms with E-state index in [0.29, 0.717) is 25.2 Å². The first kappa shape index (κ1) is 23.5. The monoisotopic (exact) mass is 465 g/mol. The molecule has 31 heavy (non-hydrogen) atoms. The van der Waals surface area contributed by atoms with Gasteiger partial charge in [0.05, 0.1) is 12.6 Å². The Bertz CT molecular complexity index is 992. The second kappa shape index (κ2) is 9.97. The van der Waals surface area contributed by atoms with Crippen LogP contribution in [0.5, 0.6) is 0 Å². The van der Waals surface area contributed by atoms with Crippen LogP contribution in [0.15, 0.2) is 48.2 Å². The van der Waals surface area contributed by atoms with Crippen molar-refractivity contribution in [2.75, 3.05) is 13.1 Å². The second-order valence-corrected chi connectivity index (χ2v) is 8.51. The summed E-state index contributed by atoms with van der Waals surface area (Å²) in [6, 6.07) is 7.38. The number of thiol groups is 1. The van der Waals surface area contributed by atoms with Gasteiger partial charge in [0.2, 0.25) is 0 Å². The fraction of sp³-hybridized carbons (Fsp3) is 0.409. The Labute approximate surface area is 191 Å². The average Bonchev–Trinajstić information content (AvgIpc) is 3.47. The van der Waals surface area contributed by atoms with Gasteiger partial charge in [-0.25, -0.2) is 9.18 Å². The molecule has 2 fully saturated rings. The Morgan fingerprint density at radius 1 is 1.26 bits per heavy atom. The highest BCUT2D eigenvalue weighted by atomic mass is 35.5. The van der Waals surface area contributed by atoms with Gasteiger partial charge in [-0.05, 0) is 37.0 Å². The standard InChI is InChI=1S/C22H24FN3O3S.ClH/c23-17-4-2-1-3-16(17)20(21(27)14-5-6-14)25-10-9-19(30)15(13-25)7-11-26-12-8-18(24-26)22(28)29;/h1-4,7-8,12,14,19-20,30H,5-6,9-11,13H2,(H,28,29);1H. The van der Waals surface area contributed by atoms with Crippen LogP contribution in [0.2, 0.25) is 0 Å². The summed E-state index contributed by atoms with van der Waals surface area (Å²) in [5.74, 6) is -1.30. The first-order valence-corrected chi connectivity index (χ1v) is 10.6. The maximum absolute atomic E-state index is 14.6. The van der Waals surface area contributed by atoms with E-state index >= 15 is 0 Å². The number of benzene rings is 1. The van der Waals surface area contributed by atoms with Crippen molar-refractivity contribution in [3.63, 3.8) is 0 Å². The molecule has 6 nitrogen and oxygen atoms in total. The summed E-state index contributed by atoms with van der Waals surface area (Å²) in [6.45, 7) is 1.58. The maximum atomic E-state index is 14.6. The molecule has 1 saturated carbocycles. The van der Waals surface area contributed by atoms with Gasteiger partial charge in [-0.2, -0.15) is 17.7 Å². The molecule has 1 saturated heterocycles. The van der Waals surface area contributed by atoms with Crippen molar-refractivity contribution in [2.45, 2.75) is 37.1 Å². The van der Waals surface area contributed by atoms with Crippen molar-refractivity contribution in [1.82, 2.24) is 14.7 Å². The molecule has 4 rings (SSSR count). The molecule has 1 N–H and O–H groups in total. The quantitative estimate of drug-likeness (QED) is 0.480. The summed E-state index contributed by atoms with van der Waals surface area (Å²) in [5.41, 5.74) is 1.46. The maximum Gasteiger partial charge on any atom is 0.356 e. The molecule has 0 bridgehead atoms. The fourth-order valence-corrected chi connectivity index (χ4v) is 4.22. The zero-order chi connectivity index (χ0) is 21.3. The number of rotatable bonds is 7. The average molecular weight is 466 g/mol. The number of carbonyl (C=O) groups excluding carboxylic acids is 1.